The van der Waals surface area contributed by atoms with E-state index >= 15 is 0 Å². The maximum atomic E-state index is 9.66. The third-order valence-corrected chi connectivity index (χ3v) is 2.55. The van der Waals surface area contributed by atoms with E-state index in [9.17, 15) is 5.11 Å². The lowest BCUT2D eigenvalue weighted by Gasteiger charge is -2.09. The molecule has 0 fully saturated rings. The summed E-state index contributed by atoms with van der Waals surface area (Å²) in [5.41, 5.74) is 2.60. The summed E-state index contributed by atoms with van der Waals surface area (Å²) in [6.07, 6.45) is 5.20. The molecule has 1 N–H and O–H groups in total. The van der Waals surface area contributed by atoms with Crippen LogP contribution in [0.25, 0.3) is 0 Å². The summed E-state index contributed by atoms with van der Waals surface area (Å²) < 4.78 is 0. The van der Waals surface area contributed by atoms with Gasteiger partial charge in [0.15, 0.2) is 0 Å². The molecule has 0 aliphatic heterocycles. The predicted molar refractivity (Wildman–Crippen MR) is 64.9 cm³/mol. The number of aryl methyl sites for hydroxylation is 2. The van der Waals surface area contributed by atoms with E-state index in [-0.39, 0.29) is 6.10 Å². The largest absolute Gasteiger partial charge is 0.393 e. The Bertz CT molecular complexity index is 304. The highest BCUT2D eigenvalue weighted by molar-refractivity contribution is 5.22. The van der Waals surface area contributed by atoms with Gasteiger partial charge in [0.05, 0.1) is 6.10 Å². The van der Waals surface area contributed by atoms with E-state index in [2.05, 4.69) is 37.8 Å². The number of allylic oxidation sites excluding steroid dienone is 1. The Hall–Kier alpha value is -1.08. The first kappa shape index (κ1) is 12.0. The van der Waals surface area contributed by atoms with Crippen molar-refractivity contribution in [2.75, 3.05) is 0 Å². The van der Waals surface area contributed by atoms with E-state index in [1.807, 2.05) is 6.08 Å². The first-order valence-corrected chi connectivity index (χ1v) is 5.57. The van der Waals surface area contributed by atoms with Gasteiger partial charge in [0.1, 0.15) is 0 Å². The van der Waals surface area contributed by atoms with Crippen molar-refractivity contribution < 1.29 is 5.11 Å². The van der Waals surface area contributed by atoms with Crippen LogP contribution in [0.1, 0.15) is 30.4 Å². The first-order chi connectivity index (χ1) is 7.22. The van der Waals surface area contributed by atoms with Gasteiger partial charge in [-0.25, -0.2) is 0 Å². The van der Waals surface area contributed by atoms with Crippen LogP contribution >= 0.6 is 0 Å². The van der Waals surface area contributed by atoms with Gasteiger partial charge in [-0.2, -0.15) is 0 Å². The van der Waals surface area contributed by atoms with E-state index in [0.29, 0.717) is 0 Å². The van der Waals surface area contributed by atoms with Gasteiger partial charge in [0.2, 0.25) is 0 Å². The SMILES string of the molecule is C=CCCC(O)CCc1cccc(C)c1. The van der Waals surface area contributed by atoms with Crippen molar-refractivity contribution in [3.8, 4) is 0 Å². The summed E-state index contributed by atoms with van der Waals surface area (Å²) in [5, 5.41) is 9.66. The van der Waals surface area contributed by atoms with Gasteiger partial charge in [0.25, 0.3) is 0 Å². The van der Waals surface area contributed by atoms with Crippen LogP contribution in [0.5, 0.6) is 0 Å². The zero-order valence-corrected chi connectivity index (χ0v) is 9.45. The molecule has 1 unspecified atom stereocenters. The lowest BCUT2D eigenvalue weighted by molar-refractivity contribution is 0.156. The fourth-order valence-corrected chi connectivity index (χ4v) is 1.66. The lowest BCUT2D eigenvalue weighted by atomic mass is 10.0. The molecule has 0 amide bonds. The smallest absolute Gasteiger partial charge is 0.0546 e. The van der Waals surface area contributed by atoms with Crippen molar-refractivity contribution in [2.45, 2.75) is 38.7 Å². The summed E-state index contributed by atoms with van der Waals surface area (Å²) in [5.74, 6) is 0. The van der Waals surface area contributed by atoms with Crippen LogP contribution in [0.3, 0.4) is 0 Å². The minimum Gasteiger partial charge on any atom is -0.393 e. The molecule has 82 valence electrons. The van der Waals surface area contributed by atoms with Crippen LogP contribution in [-0.2, 0) is 6.42 Å². The van der Waals surface area contributed by atoms with E-state index in [1.165, 1.54) is 11.1 Å². The zero-order valence-electron chi connectivity index (χ0n) is 9.45. The minimum absolute atomic E-state index is 0.191. The van der Waals surface area contributed by atoms with Gasteiger partial charge >= 0.3 is 0 Å². The molecule has 0 aliphatic carbocycles. The summed E-state index contributed by atoms with van der Waals surface area (Å²) >= 11 is 0. The molecule has 1 rings (SSSR count). The highest BCUT2D eigenvalue weighted by Crippen LogP contribution is 2.10. The average molecular weight is 204 g/mol. The molecular formula is C14H20O. The second-order valence-electron chi connectivity index (χ2n) is 4.05. The third kappa shape index (κ3) is 4.80. The molecular weight excluding hydrogens is 184 g/mol. The zero-order chi connectivity index (χ0) is 11.1. The fourth-order valence-electron chi connectivity index (χ4n) is 1.66. The van der Waals surface area contributed by atoms with Crippen molar-refractivity contribution in [1.82, 2.24) is 0 Å². The van der Waals surface area contributed by atoms with Crippen LogP contribution in [0.4, 0.5) is 0 Å². The Labute approximate surface area is 92.5 Å². The monoisotopic (exact) mass is 204 g/mol. The van der Waals surface area contributed by atoms with E-state index in [1.54, 1.807) is 0 Å². The van der Waals surface area contributed by atoms with Gasteiger partial charge < -0.3 is 5.11 Å². The molecule has 1 nitrogen and oxygen atoms in total. The van der Waals surface area contributed by atoms with Crippen LogP contribution in [0.15, 0.2) is 36.9 Å². The lowest BCUT2D eigenvalue weighted by Crippen LogP contribution is -2.07. The van der Waals surface area contributed by atoms with Gasteiger partial charge in [0, 0.05) is 0 Å². The molecule has 1 atom stereocenters. The van der Waals surface area contributed by atoms with Crippen LogP contribution < -0.4 is 0 Å². The normalized spacial score (nSPS) is 12.4. The fraction of sp³-hybridized carbons (Fsp3) is 0.429. The summed E-state index contributed by atoms with van der Waals surface area (Å²) in [4.78, 5) is 0. The van der Waals surface area contributed by atoms with Crippen LogP contribution in [-0.4, -0.2) is 11.2 Å². The summed E-state index contributed by atoms with van der Waals surface area (Å²) in [6, 6.07) is 8.46. The van der Waals surface area contributed by atoms with Crippen molar-refractivity contribution in [3.63, 3.8) is 0 Å². The first-order valence-electron chi connectivity index (χ1n) is 5.57. The van der Waals surface area contributed by atoms with Crippen molar-refractivity contribution in [3.05, 3.63) is 48.0 Å². The standard InChI is InChI=1S/C14H20O/c1-3-4-8-14(15)10-9-13-7-5-6-12(2)11-13/h3,5-7,11,14-15H,1,4,8-10H2,2H3. The van der Waals surface area contributed by atoms with Gasteiger partial charge in [-0.1, -0.05) is 35.9 Å². The van der Waals surface area contributed by atoms with E-state index in [4.69, 9.17) is 0 Å². The molecule has 0 radical (unpaired) electrons. The molecule has 1 aromatic rings. The second-order valence-corrected chi connectivity index (χ2v) is 4.05. The number of aliphatic hydroxyl groups excluding tert-OH is 1. The number of hydrogen-bond acceptors (Lipinski definition) is 1. The molecule has 1 heteroatoms. The Balaban J connectivity index is 2.33. The number of hydrogen-bond donors (Lipinski definition) is 1. The molecule has 0 heterocycles. The van der Waals surface area contributed by atoms with Crippen molar-refractivity contribution >= 4 is 0 Å². The van der Waals surface area contributed by atoms with E-state index < -0.39 is 0 Å². The maximum Gasteiger partial charge on any atom is 0.0546 e. The Morgan fingerprint density at radius 3 is 2.87 bits per heavy atom. The highest BCUT2D eigenvalue weighted by atomic mass is 16.3. The average Bonchev–Trinajstić information content (AvgIpc) is 2.23. The number of aliphatic hydroxyl groups is 1. The summed E-state index contributed by atoms with van der Waals surface area (Å²) in [7, 11) is 0. The Kier molecular flexibility index (Phi) is 5.13. The van der Waals surface area contributed by atoms with Gasteiger partial charge in [-0.05, 0) is 38.2 Å². The van der Waals surface area contributed by atoms with Gasteiger partial charge in [-0.15, -0.1) is 6.58 Å². The molecule has 15 heavy (non-hydrogen) atoms. The Morgan fingerprint density at radius 2 is 2.20 bits per heavy atom. The molecule has 0 aromatic heterocycles. The molecule has 0 saturated heterocycles. The molecule has 0 spiro atoms. The summed E-state index contributed by atoms with van der Waals surface area (Å²) in [6.45, 7) is 5.75. The molecule has 1 aromatic carbocycles. The highest BCUT2D eigenvalue weighted by Gasteiger charge is 2.03. The predicted octanol–water partition coefficient (Wildman–Crippen LogP) is 3.25. The third-order valence-electron chi connectivity index (χ3n) is 2.55. The molecule has 0 bridgehead atoms. The quantitative estimate of drug-likeness (QED) is 0.705. The molecule has 0 aliphatic rings. The Morgan fingerprint density at radius 1 is 1.40 bits per heavy atom. The second kappa shape index (κ2) is 6.41. The minimum atomic E-state index is -0.191. The van der Waals surface area contributed by atoms with Crippen LogP contribution in [0, 0.1) is 6.92 Å². The molecule has 0 saturated carbocycles. The van der Waals surface area contributed by atoms with E-state index in [0.717, 1.165) is 25.7 Å². The van der Waals surface area contributed by atoms with Crippen molar-refractivity contribution in [1.29, 1.82) is 0 Å². The number of rotatable bonds is 6. The van der Waals surface area contributed by atoms with Gasteiger partial charge in [-0.3, -0.25) is 0 Å². The number of benzene rings is 1. The maximum absolute atomic E-state index is 9.66. The van der Waals surface area contributed by atoms with Crippen molar-refractivity contribution in [2.24, 2.45) is 0 Å². The van der Waals surface area contributed by atoms with Crippen LogP contribution in [0.2, 0.25) is 0 Å². The topological polar surface area (TPSA) is 20.2 Å².